The summed E-state index contributed by atoms with van der Waals surface area (Å²) < 4.78 is 19.0. The van der Waals surface area contributed by atoms with Crippen molar-refractivity contribution in [1.82, 2.24) is 0 Å². The number of thiophene rings is 1. The second kappa shape index (κ2) is 8.51. The van der Waals surface area contributed by atoms with Crippen molar-refractivity contribution < 1.29 is 24.4 Å². The molecule has 0 saturated heterocycles. The van der Waals surface area contributed by atoms with E-state index in [1.807, 2.05) is 6.92 Å². The zero-order chi connectivity index (χ0) is 23.3. The van der Waals surface area contributed by atoms with E-state index < -0.39 is 23.7 Å². The maximum absolute atomic E-state index is 13.3. The largest absolute Gasteiger partial charge is 0.496 e. The third-order valence-electron chi connectivity index (χ3n) is 7.55. The molecule has 2 aliphatic carbocycles. The number of aliphatic hydroxyl groups is 3. The molecule has 4 nitrogen and oxygen atoms in total. The van der Waals surface area contributed by atoms with Crippen LogP contribution in [0.5, 0.6) is 5.75 Å². The van der Waals surface area contributed by atoms with Crippen molar-refractivity contribution in [3.63, 3.8) is 0 Å². The fraction of sp³-hybridized carbons (Fsp3) is 0.407. The van der Waals surface area contributed by atoms with Gasteiger partial charge in [-0.15, -0.1) is 11.3 Å². The van der Waals surface area contributed by atoms with Crippen LogP contribution in [-0.2, 0) is 18.3 Å². The Balaban J connectivity index is 1.49. The van der Waals surface area contributed by atoms with Crippen molar-refractivity contribution in [2.24, 2.45) is 5.92 Å². The molecular formula is C27H29FO4S. The number of halogens is 1. The molecule has 33 heavy (non-hydrogen) atoms. The summed E-state index contributed by atoms with van der Waals surface area (Å²) >= 11 is 1.67. The second-order valence-electron chi connectivity index (χ2n) is 9.53. The molecule has 2 aromatic carbocycles. The molecule has 0 bridgehead atoms. The summed E-state index contributed by atoms with van der Waals surface area (Å²) in [5.41, 5.74) is 3.68. The molecule has 5 rings (SSSR count). The molecule has 2 aliphatic rings. The van der Waals surface area contributed by atoms with Crippen LogP contribution < -0.4 is 4.74 Å². The Morgan fingerprint density at radius 3 is 2.55 bits per heavy atom. The van der Waals surface area contributed by atoms with Gasteiger partial charge in [0.1, 0.15) is 17.7 Å². The first kappa shape index (κ1) is 22.5. The Morgan fingerprint density at radius 2 is 1.82 bits per heavy atom. The van der Waals surface area contributed by atoms with E-state index in [2.05, 4.69) is 24.3 Å². The van der Waals surface area contributed by atoms with Gasteiger partial charge in [0.05, 0.1) is 19.3 Å². The molecule has 0 aliphatic heterocycles. The monoisotopic (exact) mass is 468 g/mol. The number of aryl methyl sites for hydroxylation is 1. The number of hydrogen-bond acceptors (Lipinski definition) is 5. The molecule has 1 saturated carbocycles. The van der Waals surface area contributed by atoms with E-state index in [4.69, 9.17) is 4.74 Å². The lowest BCUT2D eigenvalue weighted by Gasteiger charge is -2.47. The summed E-state index contributed by atoms with van der Waals surface area (Å²) in [6, 6.07) is 14.9. The number of methoxy groups -OCH3 is 1. The lowest BCUT2D eigenvalue weighted by atomic mass is 9.62. The zero-order valence-corrected chi connectivity index (χ0v) is 19.6. The minimum absolute atomic E-state index is 0.101. The van der Waals surface area contributed by atoms with E-state index in [1.165, 1.54) is 12.1 Å². The first-order valence-corrected chi connectivity index (χ1v) is 12.2. The summed E-state index contributed by atoms with van der Waals surface area (Å²) in [5.74, 6) is 0.473. The van der Waals surface area contributed by atoms with Crippen molar-refractivity contribution in [3.05, 3.63) is 75.9 Å². The summed E-state index contributed by atoms with van der Waals surface area (Å²) in [7, 11) is 1.67. The van der Waals surface area contributed by atoms with Crippen molar-refractivity contribution >= 4 is 11.3 Å². The van der Waals surface area contributed by atoms with E-state index in [9.17, 15) is 19.7 Å². The van der Waals surface area contributed by atoms with Gasteiger partial charge in [-0.25, -0.2) is 4.39 Å². The number of hydrogen-bond donors (Lipinski definition) is 3. The van der Waals surface area contributed by atoms with Crippen LogP contribution >= 0.6 is 11.3 Å². The Hall–Kier alpha value is -2.25. The maximum Gasteiger partial charge on any atom is 0.123 e. The normalized spacial score (nSPS) is 28.8. The maximum atomic E-state index is 13.3. The summed E-state index contributed by atoms with van der Waals surface area (Å²) in [6.07, 6.45) is -0.194. The number of benzene rings is 2. The molecule has 0 amide bonds. The third-order valence-corrected chi connectivity index (χ3v) is 8.68. The number of fused-ring (bicyclic) bond motifs is 2. The molecule has 1 heterocycles. The molecular weight excluding hydrogens is 439 g/mol. The van der Waals surface area contributed by atoms with Crippen LogP contribution in [0.4, 0.5) is 4.39 Å². The number of rotatable bonds is 4. The van der Waals surface area contributed by atoms with Gasteiger partial charge < -0.3 is 20.1 Å². The van der Waals surface area contributed by atoms with Crippen LogP contribution in [0.1, 0.15) is 41.3 Å². The van der Waals surface area contributed by atoms with Crippen LogP contribution in [0.15, 0.2) is 48.5 Å². The quantitative estimate of drug-likeness (QED) is 0.529. The molecule has 6 heteroatoms. The van der Waals surface area contributed by atoms with Gasteiger partial charge in [0, 0.05) is 21.6 Å². The van der Waals surface area contributed by atoms with Gasteiger partial charge in [0.25, 0.3) is 0 Å². The Morgan fingerprint density at radius 1 is 1.06 bits per heavy atom. The average molecular weight is 469 g/mol. The van der Waals surface area contributed by atoms with E-state index in [0.717, 1.165) is 50.6 Å². The Labute approximate surface area is 197 Å². The van der Waals surface area contributed by atoms with Gasteiger partial charge in [-0.05, 0) is 77.8 Å². The molecule has 174 valence electrons. The fourth-order valence-corrected chi connectivity index (χ4v) is 6.81. The minimum Gasteiger partial charge on any atom is -0.496 e. The fourth-order valence-electron chi connectivity index (χ4n) is 5.77. The van der Waals surface area contributed by atoms with Gasteiger partial charge in [-0.2, -0.15) is 0 Å². The molecule has 1 aromatic heterocycles. The average Bonchev–Trinajstić information content (AvgIpc) is 3.42. The highest BCUT2D eigenvalue weighted by Crippen LogP contribution is 2.52. The first-order chi connectivity index (χ1) is 15.8. The van der Waals surface area contributed by atoms with Gasteiger partial charge in [0.15, 0.2) is 0 Å². The van der Waals surface area contributed by atoms with Crippen LogP contribution in [0.3, 0.4) is 0 Å². The molecule has 0 unspecified atom stereocenters. The Kier molecular flexibility index (Phi) is 5.81. The highest BCUT2D eigenvalue weighted by atomic mass is 32.1. The van der Waals surface area contributed by atoms with Gasteiger partial charge in [0.2, 0.25) is 0 Å². The lowest BCUT2D eigenvalue weighted by Crippen LogP contribution is -2.57. The summed E-state index contributed by atoms with van der Waals surface area (Å²) in [4.78, 5) is 2.24. The summed E-state index contributed by atoms with van der Waals surface area (Å²) in [5, 5.41) is 31.9. The zero-order valence-electron chi connectivity index (χ0n) is 18.8. The van der Waals surface area contributed by atoms with Gasteiger partial charge in [-0.3, -0.25) is 0 Å². The SMILES string of the molecule is COc1cc2c(cc1Cc1ccc(-c3ccc(F)cc3)s1)[C@]1(CC2)C[C@H](C)[C@@H](O)[C@H](O)[C@H]1O. The highest BCUT2D eigenvalue weighted by molar-refractivity contribution is 7.15. The van der Waals surface area contributed by atoms with E-state index >= 15 is 0 Å². The van der Waals surface area contributed by atoms with Crippen molar-refractivity contribution in [2.45, 2.75) is 56.3 Å². The molecule has 3 N–H and O–H groups in total. The molecule has 1 spiro atoms. The van der Waals surface area contributed by atoms with Gasteiger partial charge in [-0.1, -0.05) is 25.1 Å². The molecule has 3 aromatic rings. The van der Waals surface area contributed by atoms with Crippen molar-refractivity contribution in [3.8, 4) is 16.2 Å². The first-order valence-electron chi connectivity index (χ1n) is 11.4. The third kappa shape index (κ3) is 3.79. The van der Waals surface area contributed by atoms with E-state index in [1.54, 1.807) is 30.6 Å². The van der Waals surface area contributed by atoms with Crippen LogP contribution in [0, 0.1) is 11.7 Å². The van der Waals surface area contributed by atoms with Crippen LogP contribution in [-0.4, -0.2) is 40.7 Å². The van der Waals surface area contributed by atoms with Gasteiger partial charge >= 0.3 is 0 Å². The van der Waals surface area contributed by atoms with E-state index in [0.29, 0.717) is 12.8 Å². The molecule has 5 atom stereocenters. The summed E-state index contributed by atoms with van der Waals surface area (Å²) in [6.45, 7) is 1.94. The Bertz CT molecular complexity index is 1160. The lowest BCUT2D eigenvalue weighted by molar-refractivity contribution is -0.142. The predicted octanol–water partition coefficient (Wildman–Crippen LogP) is 4.46. The minimum atomic E-state index is -1.15. The van der Waals surface area contributed by atoms with Crippen LogP contribution in [0.2, 0.25) is 0 Å². The molecule has 1 fully saturated rings. The smallest absolute Gasteiger partial charge is 0.123 e. The highest BCUT2D eigenvalue weighted by Gasteiger charge is 2.54. The van der Waals surface area contributed by atoms with Crippen molar-refractivity contribution in [1.29, 1.82) is 0 Å². The van der Waals surface area contributed by atoms with E-state index in [-0.39, 0.29) is 11.7 Å². The number of ether oxygens (including phenoxy) is 1. The number of aliphatic hydroxyl groups excluding tert-OH is 3. The molecule has 0 radical (unpaired) electrons. The topological polar surface area (TPSA) is 69.9 Å². The predicted molar refractivity (Wildman–Crippen MR) is 127 cm³/mol. The van der Waals surface area contributed by atoms with Crippen LogP contribution in [0.25, 0.3) is 10.4 Å². The second-order valence-corrected chi connectivity index (χ2v) is 10.7. The standard InChI is InChI=1S/C27H29FO4S/c1-15-14-27(26(31)25(30)24(15)29)10-9-17-13-22(32-2)18(12-21(17)27)11-20-7-8-23(33-20)16-3-5-19(28)6-4-16/h3-8,12-13,15,24-26,29-31H,9-11,14H2,1-2H3/t15-,24+,25-,26+,27-/m0/s1. The van der Waals surface area contributed by atoms with Crippen molar-refractivity contribution in [2.75, 3.05) is 7.11 Å².